The standard InChI is InChI=1S/C19H29ClN4O2.HI/c1-21-19(23-13-15-5-6-18(20)22-12-15)24-9-7-16(8-10-24)26-14-17-4-2-3-11-25-17;/h5-6,12,16-17H,2-4,7-11,13-14H2,1H3,(H,21,23);1H. The molecule has 2 aliphatic heterocycles. The Bertz CT molecular complexity index is 574. The van der Waals surface area contributed by atoms with Gasteiger partial charge in [0.25, 0.3) is 0 Å². The average Bonchev–Trinajstić information content (AvgIpc) is 2.70. The molecule has 2 aliphatic rings. The number of piperidine rings is 1. The molecule has 6 nitrogen and oxygen atoms in total. The molecular formula is C19H30ClIN4O2. The first-order chi connectivity index (χ1) is 12.7. The van der Waals surface area contributed by atoms with Crippen molar-refractivity contribution in [2.45, 2.75) is 50.9 Å². The molecule has 1 aromatic rings. The van der Waals surface area contributed by atoms with E-state index in [0.29, 0.717) is 23.9 Å². The number of hydrogen-bond acceptors (Lipinski definition) is 4. The number of likely N-dealkylation sites (tertiary alicyclic amines) is 1. The Morgan fingerprint density at radius 1 is 1.33 bits per heavy atom. The predicted octanol–water partition coefficient (Wildman–Crippen LogP) is 3.48. The van der Waals surface area contributed by atoms with Crippen LogP contribution in [0.4, 0.5) is 0 Å². The van der Waals surface area contributed by atoms with Gasteiger partial charge in [0, 0.05) is 39.5 Å². The monoisotopic (exact) mass is 508 g/mol. The van der Waals surface area contributed by atoms with Gasteiger partial charge < -0.3 is 19.7 Å². The van der Waals surface area contributed by atoms with Gasteiger partial charge in [-0.25, -0.2) is 4.98 Å². The minimum atomic E-state index is 0. The smallest absolute Gasteiger partial charge is 0.193 e. The molecule has 1 unspecified atom stereocenters. The van der Waals surface area contributed by atoms with Crippen molar-refractivity contribution in [3.05, 3.63) is 29.0 Å². The molecule has 1 atom stereocenters. The van der Waals surface area contributed by atoms with Gasteiger partial charge in [-0.15, -0.1) is 24.0 Å². The van der Waals surface area contributed by atoms with Gasteiger partial charge >= 0.3 is 0 Å². The predicted molar refractivity (Wildman–Crippen MR) is 119 cm³/mol. The van der Waals surface area contributed by atoms with Gasteiger partial charge in [-0.05, 0) is 43.7 Å². The highest BCUT2D eigenvalue weighted by Gasteiger charge is 2.23. The summed E-state index contributed by atoms with van der Waals surface area (Å²) in [5, 5.41) is 3.92. The Balaban J connectivity index is 0.00000261. The van der Waals surface area contributed by atoms with Crippen LogP contribution in [0.15, 0.2) is 23.3 Å². The van der Waals surface area contributed by atoms with E-state index in [0.717, 1.165) is 57.1 Å². The topological polar surface area (TPSA) is 59.0 Å². The van der Waals surface area contributed by atoms with Gasteiger partial charge in [-0.3, -0.25) is 4.99 Å². The number of nitrogens with one attached hydrogen (secondary N) is 1. The first-order valence-corrected chi connectivity index (χ1v) is 9.91. The third kappa shape index (κ3) is 7.36. The maximum Gasteiger partial charge on any atom is 0.193 e. The molecule has 0 aromatic carbocycles. The Kier molecular flexibility index (Phi) is 10.1. The van der Waals surface area contributed by atoms with Gasteiger partial charge in [0.1, 0.15) is 5.15 Å². The average molecular weight is 509 g/mol. The van der Waals surface area contributed by atoms with Crippen molar-refractivity contribution in [2.24, 2.45) is 4.99 Å². The Morgan fingerprint density at radius 2 is 2.15 bits per heavy atom. The summed E-state index contributed by atoms with van der Waals surface area (Å²) in [6.07, 6.45) is 8.04. The maximum atomic E-state index is 6.09. The van der Waals surface area contributed by atoms with E-state index in [1.807, 2.05) is 13.1 Å². The fourth-order valence-corrected chi connectivity index (χ4v) is 3.55. The zero-order chi connectivity index (χ0) is 18.2. The summed E-state index contributed by atoms with van der Waals surface area (Å²) in [5.41, 5.74) is 1.08. The number of guanidine groups is 1. The molecule has 0 aliphatic carbocycles. The quantitative estimate of drug-likeness (QED) is 0.286. The summed E-state index contributed by atoms with van der Waals surface area (Å²) in [4.78, 5) is 10.8. The second-order valence-corrected chi connectivity index (χ2v) is 7.29. The molecule has 1 N–H and O–H groups in total. The van der Waals surface area contributed by atoms with Gasteiger partial charge in [0.05, 0.1) is 18.8 Å². The molecule has 3 heterocycles. The molecule has 3 rings (SSSR count). The van der Waals surface area contributed by atoms with Crippen molar-refractivity contribution in [1.82, 2.24) is 15.2 Å². The summed E-state index contributed by atoms with van der Waals surface area (Å²) in [6.45, 7) is 4.22. The Morgan fingerprint density at radius 3 is 2.78 bits per heavy atom. The SMILES string of the molecule is CN=C(NCc1ccc(Cl)nc1)N1CCC(OCC2CCCCO2)CC1.I. The molecule has 2 saturated heterocycles. The van der Waals surface area contributed by atoms with Crippen molar-refractivity contribution in [2.75, 3.05) is 33.4 Å². The summed E-state index contributed by atoms with van der Waals surface area (Å²) >= 11 is 5.83. The third-order valence-corrected chi connectivity index (χ3v) is 5.21. The van der Waals surface area contributed by atoms with Crippen molar-refractivity contribution < 1.29 is 9.47 Å². The fourth-order valence-electron chi connectivity index (χ4n) is 3.44. The lowest BCUT2D eigenvalue weighted by Crippen LogP contribution is -2.47. The second kappa shape index (κ2) is 12.0. The lowest BCUT2D eigenvalue weighted by molar-refractivity contribution is -0.0721. The van der Waals surface area contributed by atoms with E-state index in [-0.39, 0.29) is 24.0 Å². The number of nitrogens with zero attached hydrogens (tertiary/aromatic N) is 3. The zero-order valence-corrected chi connectivity index (χ0v) is 19.0. The fraction of sp³-hybridized carbons (Fsp3) is 0.684. The molecule has 0 amide bonds. The van der Waals surface area contributed by atoms with Gasteiger partial charge in [0.2, 0.25) is 0 Å². The first kappa shape index (κ1) is 22.6. The van der Waals surface area contributed by atoms with Crippen LogP contribution < -0.4 is 5.32 Å². The van der Waals surface area contributed by atoms with Crippen LogP contribution in [0, 0.1) is 0 Å². The molecule has 0 saturated carbocycles. The van der Waals surface area contributed by atoms with Crippen LogP contribution in [-0.2, 0) is 16.0 Å². The van der Waals surface area contributed by atoms with Crippen molar-refractivity contribution in [3.63, 3.8) is 0 Å². The highest BCUT2D eigenvalue weighted by molar-refractivity contribution is 14.0. The molecule has 0 radical (unpaired) electrons. The molecule has 8 heteroatoms. The normalized spacial score (nSPS) is 21.6. The molecule has 152 valence electrons. The van der Waals surface area contributed by atoms with E-state index in [4.69, 9.17) is 21.1 Å². The summed E-state index contributed by atoms with van der Waals surface area (Å²) in [7, 11) is 1.82. The van der Waals surface area contributed by atoms with Crippen molar-refractivity contribution in [3.8, 4) is 0 Å². The lowest BCUT2D eigenvalue weighted by Gasteiger charge is -2.35. The maximum absolute atomic E-state index is 6.09. The number of ether oxygens (including phenoxy) is 2. The van der Waals surface area contributed by atoms with Crippen LogP contribution in [0.1, 0.15) is 37.7 Å². The van der Waals surface area contributed by atoms with Gasteiger partial charge in [-0.2, -0.15) is 0 Å². The highest BCUT2D eigenvalue weighted by Crippen LogP contribution is 2.18. The number of pyridine rings is 1. The van der Waals surface area contributed by atoms with Crippen molar-refractivity contribution in [1.29, 1.82) is 0 Å². The molecule has 0 spiro atoms. The zero-order valence-electron chi connectivity index (χ0n) is 15.9. The highest BCUT2D eigenvalue weighted by atomic mass is 127. The number of halogens is 2. The number of aromatic nitrogens is 1. The van der Waals surface area contributed by atoms with Crippen molar-refractivity contribution >= 4 is 41.5 Å². The number of aliphatic imine (C=N–C) groups is 1. The van der Waals surface area contributed by atoms with E-state index >= 15 is 0 Å². The lowest BCUT2D eigenvalue weighted by atomic mass is 10.1. The molecule has 2 fully saturated rings. The Hall–Kier alpha value is -0.640. The van der Waals surface area contributed by atoms with Gasteiger partial charge in [0.15, 0.2) is 5.96 Å². The Labute approximate surface area is 184 Å². The summed E-state index contributed by atoms with van der Waals surface area (Å²) in [6, 6.07) is 3.78. The van der Waals surface area contributed by atoms with E-state index in [2.05, 4.69) is 20.2 Å². The van der Waals surface area contributed by atoms with E-state index in [9.17, 15) is 0 Å². The van der Waals surface area contributed by atoms with Crippen LogP contribution >= 0.6 is 35.6 Å². The van der Waals surface area contributed by atoms with Crippen LogP contribution in [0.5, 0.6) is 0 Å². The van der Waals surface area contributed by atoms with E-state index in [1.54, 1.807) is 12.3 Å². The third-order valence-electron chi connectivity index (χ3n) is 4.98. The van der Waals surface area contributed by atoms with Crippen LogP contribution in [0.25, 0.3) is 0 Å². The molecular weight excluding hydrogens is 479 g/mol. The minimum absolute atomic E-state index is 0. The van der Waals surface area contributed by atoms with Crippen LogP contribution in [-0.4, -0.2) is 61.4 Å². The largest absolute Gasteiger partial charge is 0.376 e. The van der Waals surface area contributed by atoms with Crippen LogP contribution in [0.2, 0.25) is 5.15 Å². The second-order valence-electron chi connectivity index (χ2n) is 6.90. The van der Waals surface area contributed by atoms with Crippen LogP contribution in [0.3, 0.4) is 0 Å². The first-order valence-electron chi connectivity index (χ1n) is 9.54. The number of rotatable bonds is 5. The summed E-state index contributed by atoms with van der Waals surface area (Å²) in [5.74, 6) is 0.925. The minimum Gasteiger partial charge on any atom is -0.376 e. The van der Waals surface area contributed by atoms with E-state index in [1.165, 1.54) is 12.8 Å². The molecule has 1 aromatic heterocycles. The number of hydrogen-bond donors (Lipinski definition) is 1. The summed E-state index contributed by atoms with van der Waals surface area (Å²) < 4.78 is 11.8. The molecule has 27 heavy (non-hydrogen) atoms. The van der Waals surface area contributed by atoms with E-state index < -0.39 is 0 Å². The van der Waals surface area contributed by atoms with Gasteiger partial charge in [-0.1, -0.05) is 17.7 Å². The molecule has 0 bridgehead atoms.